The largest absolute Gasteiger partial charge is 0.314 e. The number of nitrogens with zero attached hydrogens (tertiary/aromatic N) is 3. The second-order valence-electron chi connectivity index (χ2n) is 5.66. The molecule has 1 atom stereocenters. The van der Waals surface area contributed by atoms with Crippen molar-refractivity contribution in [2.75, 3.05) is 26.2 Å². The van der Waals surface area contributed by atoms with Crippen LogP contribution < -0.4 is 5.32 Å². The van der Waals surface area contributed by atoms with E-state index in [1.165, 1.54) is 12.1 Å². The van der Waals surface area contributed by atoms with E-state index in [2.05, 4.69) is 62.2 Å². The van der Waals surface area contributed by atoms with Crippen LogP contribution in [-0.4, -0.2) is 46.9 Å². The summed E-state index contributed by atoms with van der Waals surface area (Å²) in [7, 11) is 0. The first-order chi connectivity index (χ1) is 9.60. The topological polar surface area (TPSA) is 33.1 Å². The van der Waals surface area contributed by atoms with Crippen LogP contribution in [0.5, 0.6) is 0 Å². The van der Waals surface area contributed by atoms with Crippen LogP contribution in [0.3, 0.4) is 0 Å². The van der Waals surface area contributed by atoms with Crippen molar-refractivity contribution in [3.8, 4) is 0 Å². The Balaban J connectivity index is 2.52. The van der Waals surface area contributed by atoms with Gasteiger partial charge >= 0.3 is 0 Å². The number of rotatable bonds is 10. The zero-order valence-electron chi connectivity index (χ0n) is 13.9. The molecule has 20 heavy (non-hydrogen) atoms. The van der Waals surface area contributed by atoms with E-state index < -0.39 is 0 Å². The van der Waals surface area contributed by atoms with Crippen molar-refractivity contribution >= 4 is 0 Å². The lowest BCUT2D eigenvalue weighted by Crippen LogP contribution is -2.36. The molecule has 0 radical (unpaired) electrons. The van der Waals surface area contributed by atoms with Crippen LogP contribution >= 0.6 is 0 Å². The number of hydrogen-bond acceptors (Lipinski definition) is 3. The van der Waals surface area contributed by atoms with Crippen LogP contribution in [0.2, 0.25) is 0 Å². The van der Waals surface area contributed by atoms with Gasteiger partial charge in [-0.2, -0.15) is 5.10 Å². The van der Waals surface area contributed by atoms with Gasteiger partial charge in [0.2, 0.25) is 0 Å². The Labute approximate surface area is 124 Å². The highest BCUT2D eigenvalue weighted by Crippen LogP contribution is 2.08. The highest BCUT2D eigenvalue weighted by molar-refractivity contribution is 5.02. The van der Waals surface area contributed by atoms with Gasteiger partial charge in [0.25, 0.3) is 0 Å². The molecule has 4 heteroatoms. The monoisotopic (exact) mass is 280 g/mol. The van der Waals surface area contributed by atoms with Crippen LogP contribution in [0, 0.1) is 0 Å². The van der Waals surface area contributed by atoms with Crippen LogP contribution in [0.1, 0.15) is 52.8 Å². The molecule has 116 valence electrons. The molecule has 4 nitrogen and oxygen atoms in total. The zero-order chi connectivity index (χ0) is 15.0. The minimum atomic E-state index is 0.442. The van der Waals surface area contributed by atoms with Gasteiger partial charge in [-0.05, 0) is 52.5 Å². The lowest BCUT2D eigenvalue weighted by atomic mass is 10.1. The summed E-state index contributed by atoms with van der Waals surface area (Å²) in [5.41, 5.74) is 1.20. The van der Waals surface area contributed by atoms with Crippen molar-refractivity contribution < 1.29 is 0 Å². The average Bonchev–Trinajstić information content (AvgIpc) is 2.88. The fourth-order valence-electron chi connectivity index (χ4n) is 2.47. The van der Waals surface area contributed by atoms with Crippen LogP contribution in [0.4, 0.5) is 0 Å². The summed E-state index contributed by atoms with van der Waals surface area (Å²) in [5.74, 6) is 0. The third-order valence-corrected chi connectivity index (χ3v) is 3.83. The molecule has 0 aliphatic heterocycles. The second-order valence-corrected chi connectivity index (χ2v) is 5.66. The van der Waals surface area contributed by atoms with Gasteiger partial charge < -0.3 is 10.2 Å². The molecule has 0 amide bonds. The van der Waals surface area contributed by atoms with E-state index >= 15 is 0 Å². The Kier molecular flexibility index (Phi) is 7.85. The lowest BCUT2D eigenvalue weighted by Gasteiger charge is -2.23. The molecule has 1 aromatic heterocycles. The number of aromatic nitrogens is 2. The fourth-order valence-corrected chi connectivity index (χ4v) is 2.47. The highest BCUT2D eigenvalue weighted by Gasteiger charge is 2.12. The van der Waals surface area contributed by atoms with Crippen molar-refractivity contribution in [3.63, 3.8) is 0 Å². The smallest absolute Gasteiger partial charge is 0.0640 e. The number of likely N-dealkylation sites (N-methyl/N-ethyl adjacent to an activating group) is 1. The standard InChI is InChI=1S/C16H32N4/c1-6-17-15(9-11-19(7-2)8-3)13-16-10-12-20(18-16)14(4)5/h10,12,14-15,17H,6-9,11,13H2,1-5H3. The van der Waals surface area contributed by atoms with E-state index in [-0.39, 0.29) is 0 Å². The minimum absolute atomic E-state index is 0.442. The van der Waals surface area contributed by atoms with Gasteiger partial charge in [-0.15, -0.1) is 0 Å². The predicted octanol–water partition coefficient (Wildman–Crippen LogP) is 2.72. The number of hydrogen-bond donors (Lipinski definition) is 1. The summed E-state index contributed by atoms with van der Waals surface area (Å²) >= 11 is 0. The predicted molar refractivity (Wildman–Crippen MR) is 86.2 cm³/mol. The summed E-state index contributed by atoms with van der Waals surface area (Å²) in [6.07, 6.45) is 4.30. The van der Waals surface area contributed by atoms with Gasteiger partial charge in [-0.25, -0.2) is 0 Å². The molecule has 0 saturated heterocycles. The Hall–Kier alpha value is -0.870. The first-order valence-electron chi connectivity index (χ1n) is 8.10. The fraction of sp³-hybridized carbons (Fsp3) is 0.812. The van der Waals surface area contributed by atoms with Crippen LogP contribution in [-0.2, 0) is 6.42 Å². The Morgan fingerprint density at radius 2 is 1.95 bits per heavy atom. The molecule has 0 fully saturated rings. The zero-order valence-corrected chi connectivity index (χ0v) is 13.9. The van der Waals surface area contributed by atoms with E-state index in [1.807, 2.05) is 4.68 Å². The Morgan fingerprint density at radius 1 is 1.25 bits per heavy atom. The SMILES string of the molecule is CCNC(CCN(CC)CC)Cc1ccn(C(C)C)n1. The van der Waals surface area contributed by atoms with Crippen molar-refractivity contribution in [1.82, 2.24) is 20.0 Å². The average molecular weight is 280 g/mol. The van der Waals surface area contributed by atoms with Gasteiger partial charge in [0, 0.05) is 24.7 Å². The van der Waals surface area contributed by atoms with Crippen molar-refractivity contribution in [1.29, 1.82) is 0 Å². The quantitative estimate of drug-likeness (QED) is 0.715. The Bertz CT molecular complexity index is 355. The molecule has 1 unspecified atom stereocenters. The first-order valence-corrected chi connectivity index (χ1v) is 8.10. The summed E-state index contributed by atoms with van der Waals surface area (Å²) < 4.78 is 2.04. The summed E-state index contributed by atoms with van der Waals surface area (Å²) in [6, 6.07) is 3.12. The van der Waals surface area contributed by atoms with Gasteiger partial charge in [-0.1, -0.05) is 20.8 Å². The van der Waals surface area contributed by atoms with Crippen molar-refractivity contribution in [3.05, 3.63) is 18.0 Å². The van der Waals surface area contributed by atoms with Crippen LogP contribution in [0.25, 0.3) is 0 Å². The summed E-state index contributed by atoms with van der Waals surface area (Å²) in [4.78, 5) is 2.48. The summed E-state index contributed by atoms with van der Waals surface area (Å²) in [6.45, 7) is 15.4. The molecular formula is C16H32N4. The van der Waals surface area contributed by atoms with Crippen molar-refractivity contribution in [2.45, 2.75) is 59.5 Å². The molecule has 1 aromatic rings. The maximum Gasteiger partial charge on any atom is 0.0640 e. The van der Waals surface area contributed by atoms with E-state index in [4.69, 9.17) is 0 Å². The number of nitrogens with one attached hydrogen (secondary N) is 1. The molecule has 1 heterocycles. The molecule has 0 aliphatic carbocycles. The lowest BCUT2D eigenvalue weighted by molar-refractivity contribution is 0.280. The maximum atomic E-state index is 4.66. The van der Waals surface area contributed by atoms with Crippen LogP contribution in [0.15, 0.2) is 12.3 Å². The summed E-state index contributed by atoms with van der Waals surface area (Å²) in [5, 5.41) is 8.26. The highest BCUT2D eigenvalue weighted by atomic mass is 15.3. The van der Waals surface area contributed by atoms with E-state index in [1.54, 1.807) is 0 Å². The van der Waals surface area contributed by atoms with E-state index in [0.717, 1.165) is 32.6 Å². The molecule has 1 N–H and O–H groups in total. The molecule has 1 rings (SSSR count). The van der Waals surface area contributed by atoms with E-state index in [0.29, 0.717) is 12.1 Å². The normalized spacial score (nSPS) is 13.3. The van der Waals surface area contributed by atoms with Gasteiger partial charge in [0.15, 0.2) is 0 Å². The molecule has 0 bridgehead atoms. The first kappa shape index (κ1) is 17.2. The third kappa shape index (κ3) is 5.63. The molecule has 0 saturated carbocycles. The molecule has 0 aliphatic rings. The van der Waals surface area contributed by atoms with E-state index in [9.17, 15) is 0 Å². The second kappa shape index (κ2) is 9.14. The van der Waals surface area contributed by atoms with Gasteiger partial charge in [0.1, 0.15) is 0 Å². The molecule has 0 spiro atoms. The van der Waals surface area contributed by atoms with Gasteiger partial charge in [-0.3, -0.25) is 4.68 Å². The Morgan fingerprint density at radius 3 is 2.45 bits per heavy atom. The minimum Gasteiger partial charge on any atom is -0.314 e. The van der Waals surface area contributed by atoms with Gasteiger partial charge in [0.05, 0.1) is 5.69 Å². The molecule has 0 aromatic carbocycles. The molecular weight excluding hydrogens is 248 g/mol. The maximum absolute atomic E-state index is 4.66. The third-order valence-electron chi connectivity index (χ3n) is 3.83. The van der Waals surface area contributed by atoms with Crippen molar-refractivity contribution in [2.24, 2.45) is 0 Å².